The van der Waals surface area contributed by atoms with Crippen LogP contribution in [0.2, 0.25) is 0 Å². The molecule has 0 aliphatic carbocycles. The number of unbranched alkanes of at least 4 members (excludes halogenated alkanes) is 3. The van der Waals surface area contributed by atoms with Gasteiger partial charge < -0.3 is 9.47 Å². The molecule has 0 amide bonds. The van der Waals surface area contributed by atoms with E-state index in [2.05, 4.69) is 44.8 Å². The summed E-state index contributed by atoms with van der Waals surface area (Å²) in [7, 11) is 1.70. The fraction of sp³-hybridized carbons (Fsp3) is 0.600. The number of rotatable bonds is 9. The first-order valence-electron chi connectivity index (χ1n) is 6.71. The Kier molecular flexibility index (Phi) is 8.55. The van der Waals surface area contributed by atoms with Crippen LogP contribution in [-0.2, 0) is 10.7 Å². The summed E-state index contributed by atoms with van der Waals surface area (Å²) in [6.07, 6.45) is 4.89. The van der Waals surface area contributed by atoms with E-state index in [0.29, 0.717) is 0 Å². The van der Waals surface area contributed by atoms with Crippen molar-refractivity contribution in [2.45, 2.75) is 43.3 Å². The van der Waals surface area contributed by atoms with Crippen LogP contribution < -0.4 is 9.47 Å². The Labute approximate surface area is 133 Å². The third-order valence-corrected chi connectivity index (χ3v) is 4.22. The van der Waals surface area contributed by atoms with Crippen LogP contribution in [0.15, 0.2) is 12.1 Å². The molecule has 0 radical (unpaired) electrons. The van der Waals surface area contributed by atoms with Gasteiger partial charge in [-0.1, -0.05) is 58.0 Å². The highest BCUT2D eigenvalue weighted by Crippen LogP contribution is 2.32. The second kappa shape index (κ2) is 9.65. The van der Waals surface area contributed by atoms with Crippen LogP contribution in [0.1, 0.15) is 43.7 Å². The molecule has 0 spiro atoms. The third-order valence-electron chi connectivity index (χ3n) is 3.01. The lowest BCUT2D eigenvalue weighted by atomic mass is 10.1. The van der Waals surface area contributed by atoms with E-state index in [1.165, 1.54) is 19.3 Å². The summed E-state index contributed by atoms with van der Waals surface area (Å²) in [6, 6.07) is 4.12. The first-order chi connectivity index (χ1) is 9.26. The average molecular weight is 394 g/mol. The lowest BCUT2D eigenvalue weighted by Gasteiger charge is -2.14. The first-order valence-corrected chi connectivity index (χ1v) is 8.95. The van der Waals surface area contributed by atoms with Gasteiger partial charge in [0.15, 0.2) is 0 Å². The van der Waals surface area contributed by atoms with Crippen LogP contribution in [0, 0.1) is 0 Å². The minimum Gasteiger partial charge on any atom is -0.496 e. The van der Waals surface area contributed by atoms with Gasteiger partial charge in [-0.15, -0.1) is 0 Å². The lowest BCUT2D eigenvalue weighted by molar-refractivity contribution is 0.302. The van der Waals surface area contributed by atoms with Gasteiger partial charge in [0.2, 0.25) is 0 Å². The smallest absolute Gasteiger partial charge is 0.123 e. The van der Waals surface area contributed by atoms with Gasteiger partial charge >= 0.3 is 0 Å². The molecule has 19 heavy (non-hydrogen) atoms. The maximum absolute atomic E-state index is 5.91. The predicted octanol–water partition coefficient (Wildman–Crippen LogP) is 5.44. The van der Waals surface area contributed by atoms with Crippen molar-refractivity contribution in [1.29, 1.82) is 0 Å². The van der Waals surface area contributed by atoms with Crippen molar-refractivity contribution >= 4 is 31.9 Å². The molecule has 0 bridgehead atoms. The maximum Gasteiger partial charge on any atom is 0.123 e. The molecule has 0 atom stereocenters. The number of hydrogen-bond acceptors (Lipinski definition) is 2. The SMILES string of the molecule is CCCCCCOc1cc(CBr)c(OC)cc1CBr. The van der Waals surface area contributed by atoms with Gasteiger partial charge in [-0.3, -0.25) is 0 Å². The van der Waals surface area contributed by atoms with Crippen LogP contribution in [0.25, 0.3) is 0 Å². The highest BCUT2D eigenvalue weighted by Gasteiger charge is 2.10. The highest BCUT2D eigenvalue weighted by atomic mass is 79.9. The Morgan fingerprint density at radius 2 is 1.58 bits per heavy atom. The van der Waals surface area contributed by atoms with E-state index >= 15 is 0 Å². The molecule has 0 heterocycles. The molecule has 2 nitrogen and oxygen atoms in total. The second-order valence-corrected chi connectivity index (χ2v) is 5.57. The van der Waals surface area contributed by atoms with Gasteiger partial charge in [-0.05, 0) is 18.6 Å². The van der Waals surface area contributed by atoms with E-state index in [1.54, 1.807) is 7.11 Å². The zero-order chi connectivity index (χ0) is 14.1. The molecular formula is C15H22Br2O2. The average Bonchev–Trinajstić information content (AvgIpc) is 2.46. The van der Waals surface area contributed by atoms with E-state index in [1.807, 2.05) is 6.07 Å². The van der Waals surface area contributed by atoms with Crippen molar-refractivity contribution in [3.05, 3.63) is 23.3 Å². The molecule has 108 valence electrons. The third kappa shape index (κ3) is 5.35. The van der Waals surface area contributed by atoms with E-state index in [-0.39, 0.29) is 0 Å². The number of hydrogen-bond donors (Lipinski definition) is 0. The summed E-state index contributed by atoms with van der Waals surface area (Å²) >= 11 is 6.99. The molecule has 4 heteroatoms. The fourth-order valence-electron chi connectivity index (χ4n) is 1.89. The molecule has 0 aromatic heterocycles. The van der Waals surface area contributed by atoms with E-state index in [0.717, 1.165) is 46.3 Å². The van der Waals surface area contributed by atoms with Gasteiger partial charge in [-0.25, -0.2) is 0 Å². The molecule has 0 fully saturated rings. The standard InChI is InChI=1S/C15H22Br2O2/c1-3-4-5-6-7-19-15-9-12(10-16)14(18-2)8-13(15)11-17/h8-9H,3-7,10-11H2,1-2H3. The van der Waals surface area contributed by atoms with Crippen molar-refractivity contribution < 1.29 is 9.47 Å². The molecule has 0 saturated carbocycles. The Balaban J connectivity index is 2.70. The van der Waals surface area contributed by atoms with Crippen LogP contribution in [0.4, 0.5) is 0 Å². The molecule has 1 rings (SSSR count). The largest absolute Gasteiger partial charge is 0.496 e. The van der Waals surface area contributed by atoms with Crippen LogP contribution in [0.5, 0.6) is 11.5 Å². The number of halogens is 2. The Morgan fingerprint density at radius 3 is 2.16 bits per heavy atom. The number of alkyl halides is 2. The summed E-state index contributed by atoms with van der Waals surface area (Å²) in [5.74, 6) is 1.87. The zero-order valence-corrected chi connectivity index (χ0v) is 14.8. The Morgan fingerprint density at radius 1 is 0.947 bits per heavy atom. The summed E-state index contributed by atoms with van der Waals surface area (Å²) in [5, 5.41) is 1.54. The molecule has 0 aliphatic heterocycles. The number of benzene rings is 1. The Hall–Kier alpha value is -0.220. The van der Waals surface area contributed by atoms with Gasteiger partial charge in [0.05, 0.1) is 13.7 Å². The van der Waals surface area contributed by atoms with Crippen LogP contribution in [-0.4, -0.2) is 13.7 Å². The molecular weight excluding hydrogens is 372 g/mol. The van der Waals surface area contributed by atoms with Gasteiger partial charge in [0.1, 0.15) is 11.5 Å². The molecule has 0 aliphatic rings. The molecule has 1 aromatic carbocycles. The quantitative estimate of drug-likeness (QED) is 0.410. The zero-order valence-electron chi connectivity index (χ0n) is 11.7. The summed E-state index contributed by atoms with van der Waals surface area (Å²) in [4.78, 5) is 0. The van der Waals surface area contributed by atoms with E-state index < -0.39 is 0 Å². The first kappa shape index (κ1) is 16.8. The molecule has 0 unspecified atom stereocenters. The normalized spacial score (nSPS) is 10.5. The van der Waals surface area contributed by atoms with E-state index in [4.69, 9.17) is 9.47 Å². The van der Waals surface area contributed by atoms with E-state index in [9.17, 15) is 0 Å². The van der Waals surface area contributed by atoms with Crippen molar-refractivity contribution in [2.75, 3.05) is 13.7 Å². The van der Waals surface area contributed by atoms with Crippen molar-refractivity contribution in [3.63, 3.8) is 0 Å². The van der Waals surface area contributed by atoms with Crippen molar-refractivity contribution in [2.24, 2.45) is 0 Å². The maximum atomic E-state index is 5.91. The minimum absolute atomic E-state index is 0.769. The fourth-order valence-corrected chi connectivity index (χ4v) is 2.76. The highest BCUT2D eigenvalue weighted by molar-refractivity contribution is 9.08. The molecule has 1 aromatic rings. The van der Waals surface area contributed by atoms with Crippen LogP contribution >= 0.6 is 31.9 Å². The molecule has 0 saturated heterocycles. The van der Waals surface area contributed by atoms with Gasteiger partial charge in [-0.2, -0.15) is 0 Å². The number of methoxy groups -OCH3 is 1. The molecule has 0 N–H and O–H groups in total. The van der Waals surface area contributed by atoms with Crippen molar-refractivity contribution in [3.8, 4) is 11.5 Å². The summed E-state index contributed by atoms with van der Waals surface area (Å²) in [5.41, 5.74) is 2.26. The Bertz CT molecular complexity index is 381. The minimum atomic E-state index is 0.769. The number of ether oxygens (including phenoxy) is 2. The monoisotopic (exact) mass is 392 g/mol. The lowest BCUT2D eigenvalue weighted by Crippen LogP contribution is -2.01. The van der Waals surface area contributed by atoms with Gasteiger partial charge in [0, 0.05) is 21.8 Å². The summed E-state index contributed by atoms with van der Waals surface area (Å²) in [6.45, 7) is 3.00. The van der Waals surface area contributed by atoms with Crippen LogP contribution in [0.3, 0.4) is 0 Å². The predicted molar refractivity (Wildman–Crippen MR) is 87.9 cm³/mol. The van der Waals surface area contributed by atoms with Crippen molar-refractivity contribution in [1.82, 2.24) is 0 Å². The topological polar surface area (TPSA) is 18.5 Å². The van der Waals surface area contributed by atoms with Gasteiger partial charge in [0.25, 0.3) is 0 Å². The second-order valence-electron chi connectivity index (χ2n) is 4.45. The summed E-state index contributed by atoms with van der Waals surface area (Å²) < 4.78 is 11.3.